The number of sulfone groups is 1. The lowest BCUT2D eigenvalue weighted by molar-refractivity contribution is 0.202. The predicted octanol–water partition coefficient (Wildman–Crippen LogP) is 4.91. The monoisotopic (exact) mass is 415 g/mol. The molecule has 1 unspecified atom stereocenters. The molecule has 0 N–H and O–H groups in total. The molecule has 2 aromatic rings. The lowest BCUT2D eigenvalue weighted by Crippen LogP contribution is -2.37. The smallest absolute Gasteiger partial charge is 0.183 e. The second kappa shape index (κ2) is 9.31. The number of hydrogen-bond acceptors (Lipinski definition) is 4. The van der Waals surface area contributed by atoms with Crippen molar-refractivity contribution in [2.75, 3.05) is 26.7 Å². The van der Waals surface area contributed by atoms with Crippen LogP contribution >= 0.6 is 0 Å². The van der Waals surface area contributed by atoms with E-state index in [0.29, 0.717) is 17.2 Å². The van der Waals surface area contributed by atoms with E-state index in [1.807, 2.05) is 32.0 Å². The van der Waals surface area contributed by atoms with Gasteiger partial charge in [0.05, 0.1) is 16.8 Å². The van der Waals surface area contributed by atoms with E-state index in [1.165, 1.54) is 18.4 Å². The van der Waals surface area contributed by atoms with Crippen LogP contribution in [0.5, 0.6) is 5.75 Å². The van der Waals surface area contributed by atoms with Crippen molar-refractivity contribution in [3.63, 3.8) is 0 Å². The van der Waals surface area contributed by atoms with Crippen LogP contribution in [-0.2, 0) is 9.84 Å². The van der Waals surface area contributed by atoms with Crippen LogP contribution < -0.4 is 4.74 Å². The Morgan fingerprint density at radius 1 is 1.07 bits per heavy atom. The predicted molar refractivity (Wildman–Crippen MR) is 118 cm³/mol. The minimum absolute atomic E-state index is 0.419. The van der Waals surface area contributed by atoms with Crippen LogP contribution in [0, 0.1) is 0 Å². The Morgan fingerprint density at radius 3 is 2.41 bits per heavy atom. The fraction of sp³-hybridized carbons (Fsp3) is 0.500. The highest BCUT2D eigenvalue weighted by atomic mass is 32.2. The normalized spacial score (nSPS) is 18.5. The molecule has 3 rings (SSSR count). The fourth-order valence-electron chi connectivity index (χ4n) is 4.19. The molecular weight excluding hydrogens is 382 g/mol. The van der Waals surface area contributed by atoms with E-state index in [1.54, 1.807) is 31.4 Å². The van der Waals surface area contributed by atoms with Crippen LogP contribution in [0.3, 0.4) is 0 Å². The Balaban J connectivity index is 1.55. The number of nitrogens with zero attached hydrogens (tertiary/aromatic N) is 1. The number of rotatable bonds is 8. The summed E-state index contributed by atoms with van der Waals surface area (Å²) in [5.74, 6) is 1.43. The quantitative estimate of drug-likeness (QED) is 0.615. The molecule has 0 spiro atoms. The second-order valence-corrected chi connectivity index (χ2v) is 11.2. The van der Waals surface area contributed by atoms with E-state index in [2.05, 4.69) is 17.0 Å². The maximum Gasteiger partial charge on any atom is 0.183 e. The Bertz CT molecular complexity index is 876. The molecular formula is C24H33NO3S. The number of likely N-dealkylation sites (tertiary alicyclic amines) is 1. The summed E-state index contributed by atoms with van der Waals surface area (Å²) in [6, 6.07) is 17.2. The first-order chi connectivity index (χ1) is 13.8. The Labute approximate surface area is 175 Å². The minimum Gasteiger partial charge on any atom is -0.497 e. The summed E-state index contributed by atoms with van der Waals surface area (Å²) in [5.41, 5.74) is 1.36. The van der Waals surface area contributed by atoms with Gasteiger partial charge in [-0.25, -0.2) is 8.42 Å². The molecule has 5 heteroatoms. The Hall–Kier alpha value is -1.85. The van der Waals surface area contributed by atoms with E-state index in [-0.39, 0.29) is 0 Å². The van der Waals surface area contributed by atoms with Crippen LogP contribution in [0.1, 0.15) is 51.0 Å². The molecule has 0 saturated carbocycles. The molecule has 1 heterocycles. The maximum atomic E-state index is 13.0. The van der Waals surface area contributed by atoms with Gasteiger partial charge in [0.15, 0.2) is 9.84 Å². The van der Waals surface area contributed by atoms with E-state index in [0.717, 1.165) is 31.8 Å². The first-order valence-corrected chi connectivity index (χ1v) is 12.0. The first kappa shape index (κ1) is 21.8. The lowest BCUT2D eigenvalue weighted by atomic mass is 9.90. The summed E-state index contributed by atoms with van der Waals surface area (Å²) >= 11 is 0. The fourth-order valence-corrected chi connectivity index (χ4v) is 5.75. The lowest BCUT2D eigenvalue weighted by Gasteiger charge is -2.34. The number of methoxy groups -OCH3 is 1. The highest BCUT2D eigenvalue weighted by Gasteiger charge is 2.35. The number of benzene rings is 2. The molecule has 4 nitrogen and oxygen atoms in total. The van der Waals surface area contributed by atoms with Gasteiger partial charge >= 0.3 is 0 Å². The van der Waals surface area contributed by atoms with Gasteiger partial charge in [-0.1, -0.05) is 30.3 Å². The van der Waals surface area contributed by atoms with Gasteiger partial charge in [0.2, 0.25) is 0 Å². The van der Waals surface area contributed by atoms with E-state index >= 15 is 0 Å². The zero-order valence-electron chi connectivity index (χ0n) is 17.8. The molecule has 1 aliphatic rings. The molecule has 0 radical (unpaired) electrons. The van der Waals surface area contributed by atoms with Crippen molar-refractivity contribution in [3.8, 4) is 5.75 Å². The second-order valence-electron chi connectivity index (χ2n) is 8.59. The molecule has 29 heavy (non-hydrogen) atoms. The zero-order valence-corrected chi connectivity index (χ0v) is 18.6. The molecule has 2 aromatic carbocycles. The first-order valence-electron chi connectivity index (χ1n) is 10.5. The highest BCUT2D eigenvalue weighted by molar-refractivity contribution is 7.92. The number of hydrogen-bond donors (Lipinski definition) is 0. The third-order valence-corrected chi connectivity index (χ3v) is 8.68. The Morgan fingerprint density at radius 2 is 1.76 bits per heavy atom. The topological polar surface area (TPSA) is 46.6 Å². The average Bonchev–Trinajstić information content (AvgIpc) is 2.74. The van der Waals surface area contributed by atoms with Gasteiger partial charge < -0.3 is 9.64 Å². The summed E-state index contributed by atoms with van der Waals surface area (Å²) in [5, 5.41) is 0. The van der Waals surface area contributed by atoms with Crippen LogP contribution in [0.15, 0.2) is 59.5 Å². The molecule has 1 saturated heterocycles. The Kier molecular flexibility index (Phi) is 7.01. The van der Waals surface area contributed by atoms with E-state index < -0.39 is 14.6 Å². The van der Waals surface area contributed by atoms with Crippen molar-refractivity contribution in [1.29, 1.82) is 0 Å². The van der Waals surface area contributed by atoms with Crippen molar-refractivity contribution in [2.24, 2.45) is 0 Å². The summed E-state index contributed by atoms with van der Waals surface area (Å²) in [6.07, 6.45) is 3.93. The molecule has 0 amide bonds. The van der Waals surface area contributed by atoms with Crippen LogP contribution in [0.25, 0.3) is 0 Å². The van der Waals surface area contributed by atoms with Crippen LogP contribution in [0.4, 0.5) is 0 Å². The van der Waals surface area contributed by atoms with E-state index in [4.69, 9.17) is 4.74 Å². The van der Waals surface area contributed by atoms with Crippen molar-refractivity contribution in [2.45, 2.75) is 55.1 Å². The van der Waals surface area contributed by atoms with Crippen molar-refractivity contribution in [3.05, 3.63) is 60.2 Å². The highest BCUT2D eigenvalue weighted by Crippen LogP contribution is 2.31. The van der Waals surface area contributed by atoms with E-state index in [9.17, 15) is 8.42 Å². The van der Waals surface area contributed by atoms with Crippen molar-refractivity contribution < 1.29 is 13.2 Å². The summed E-state index contributed by atoms with van der Waals surface area (Å²) in [7, 11) is -1.64. The molecule has 1 fully saturated rings. The molecule has 1 aliphatic heterocycles. The van der Waals surface area contributed by atoms with Gasteiger partial charge in [-0.2, -0.15) is 0 Å². The third-order valence-electron chi connectivity index (χ3n) is 6.13. The molecule has 0 aliphatic carbocycles. The maximum absolute atomic E-state index is 13.0. The van der Waals surface area contributed by atoms with Gasteiger partial charge in [-0.15, -0.1) is 0 Å². The molecule has 0 bridgehead atoms. The number of piperidine rings is 1. The van der Waals surface area contributed by atoms with Gasteiger partial charge in [-0.3, -0.25) is 0 Å². The molecule has 0 aromatic heterocycles. The summed E-state index contributed by atoms with van der Waals surface area (Å²) in [6.45, 7) is 6.79. The summed E-state index contributed by atoms with van der Waals surface area (Å²) in [4.78, 5) is 2.91. The average molecular weight is 416 g/mol. The van der Waals surface area contributed by atoms with Crippen molar-refractivity contribution in [1.82, 2.24) is 4.90 Å². The third kappa shape index (κ3) is 5.20. The van der Waals surface area contributed by atoms with Crippen molar-refractivity contribution >= 4 is 9.84 Å². The standard InChI is InChI=1S/C24H33NO3S/c1-24(2,29(26,27)23-10-5-4-6-11-23)16-8-18-25-17-7-9-21(19-25)20-12-14-22(28-3)15-13-20/h4-6,10-15,21H,7-9,16-19H2,1-3H3. The van der Waals surface area contributed by atoms with Gasteiger partial charge in [0, 0.05) is 6.54 Å². The van der Waals surface area contributed by atoms with Gasteiger partial charge in [0.1, 0.15) is 5.75 Å². The minimum atomic E-state index is -3.33. The van der Waals surface area contributed by atoms with Gasteiger partial charge in [0.25, 0.3) is 0 Å². The largest absolute Gasteiger partial charge is 0.497 e. The number of ether oxygens (including phenoxy) is 1. The molecule has 158 valence electrons. The van der Waals surface area contributed by atoms with Crippen LogP contribution in [0.2, 0.25) is 0 Å². The summed E-state index contributed by atoms with van der Waals surface area (Å²) < 4.78 is 30.5. The molecule has 1 atom stereocenters. The van der Waals surface area contributed by atoms with Crippen LogP contribution in [-0.4, -0.2) is 44.8 Å². The SMILES string of the molecule is COc1ccc(C2CCCN(CCCC(C)(C)S(=O)(=O)c3ccccc3)C2)cc1. The zero-order chi connectivity index (χ0) is 20.9. The van der Waals surface area contributed by atoms with Gasteiger partial charge in [-0.05, 0) is 88.4 Å².